The first-order valence-corrected chi connectivity index (χ1v) is 8.08. The molecular formula is C19H27Cl2N9. The standard InChI is InChI=1S/C3H3Cl2N.8C2H3N/c4-3(5)1-2-6;8*1-2-3/h3H,1H2;8*1H3. The SMILES string of the molecule is CC#N.CC#N.CC#N.CC#N.CC#N.CC#N.CC#N.CC#N.N#CCC(Cl)Cl. The van der Waals surface area contributed by atoms with Crippen molar-refractivity contribution < 1.29 is 0 Å². The predicted octanol–water partition coefficient (Wildman–Crippen LogP) is 5.94. The van der Waals surface area contributed by atoms with Crippen molar-refractivity contribution in [2.24, 2.45) is 0 Å². The van der Waals surface area contributed by atoms with Gasteiger partial charge < -0.3 is 0 Å². The van der Waals surface area contributed by atoms with E-state index in [1.54, 1.807) is 54.6 Å². The van der Waals surface area contributed by atoms with E-state index in [4.69, 9.17) is 70.6 Å². The Kier molecular flexibility index (Phi) is 334. The second kappa shape index (κ2) is 178. The molecule has 11 heteroatoms. The van der Waals surface area contributed by atoms with Crippen LogP contribution in [-0.2, 0) is 0 Å². The Hall–Kier alpha value is -4.01. The van der Waals surface area contributed by atoms with Crippen LogP contribution in [-0.4, -0.2) is 4.84 Å². The lowest BCUT2D eigenvalue weighted by Crippen LogP contribution is -1.78. The van der Waals surface area contributed by atoms with Crippen LogP contribution in [0.3, 0.4) is 0 Å². The van der Waals surface area contributed by atoms with Gasteiger partial charge in [0.15, 0.2) is 0 Å². The van der Waals surface area contributed by atoms with Crippen LogP contribution in [0.2, 0.25) is 0 Å². The number of nitrogens with zero attached hydrogens (tertiary/aromatic N) is 9. The van der Waals surface area contributed by atoms with E-state index in [9.17, 15) is 0 Å². The van der Waals surface area contributed by atoms with E-state index in [-0.39, 0.29) is 6.42 Å². The van der Waals surface area contributed by atoms with E-state index in [0.29, 0.717) is 0 Å². The van der Waals surface area contributed by atoms with E-state index in [2.05, 4.69) is 0 Å². The maximum atomic E-state index is 7.82. The van der Waals surface area contributed by atoms with Gasteiger partial charge in [-0.2, -0.15) is 47.4 Å². The fourth-order valence-corrected chi connectivity index (χ4v) is 0.207. The molecular weight excluding hydrogens is 425 g/mol. The summed E-state index contributed by atoms with van der Waals surface area (Å²) in [5.41, 5.74) is 0. The molecule has 9 nitrogen and oxygen atoms in total. The third kappa shape index (κ3) is 12400. The van der Waals surface area contributed by atoms with Gasteiger partial charge >= 0.3 is 0 Å². The summed E-state index contributed by atoms with van der Waals surface area (Å²) in [5, 5.41) is 66.4. The van der Waals surface area contributed by atoms with Crippen LogP contribution in [0.5, 0.6) is 0 Å². The molecule has 0 saturated heterocycles. The fourth-order valence-electron chi connectivity index (χ4n) is 0.0690. The molecule has 0 spiro atoms. The van der Waals surface area contributed by atoms with Crippen LogP contribution in [0.4, 0.5) is 0 Å². The molecule has 0 amide bonds. The van der Waals surface area contributed by atoms with Crippen LogP contribution < -0.4 is 0 Å². The van der Waals surface area contributed by atoms with E-state index in [1.807, 2.05) is 0 Å². The van der Waals surface area contributed by atoms with Crippen molar-refractivity contribution in [3.05, 3.63) is 0 Å². The quantitative estimate of drug-likeness (QED) is 0.429. The lowest BCUT2D eigenvalue weighted by Gasteiger charge is -1.82. The summed E-state index contributed by atoms with van der Waals surface area (Å²) in [7, 11) is 0. The van der Waals surface area contributed by atoms with Crippen LogP contribution in [0.15, 0.2) is 0 Å². The highest BCUT2D eigenvalue weighted by atomic mass is 35.5. The maximum absolute atomic E-state index is 7.82. The summed E-state index contributed by atoms with van der Waals surface area (Å²) >= 11 is 10.2. The van der Waals surface area contributed by atoms with Gasteiger partial charge in [0.25, 0.3) is 0 Å². The Balaban J connectivity index is -0.0000000240. The van der Waals surface area contributed by atoms with Gasteiger partial charge in [-0.15, -0.1) is 23.2 Å². The molecule has 0 saturated carbocycles. The molecule has 0 aromatic rings. The van der Waals surface area contributed by atoms with Gasteiger partial charge in [0.1, 0.15) is 4.84 Å². The van der Waals surface area contributed by atoms with Crippen molar-refractivity contribution >= 4 is 23.2 Å². The average molecular weight is 452 g/mol. The maximum Gasteiger partial charge on any atom is 0.120 e. The smallest absolute Gasteiger partial charge is 0.120 e. The molecule has 0 aliphatic heterocycles. The van der Waals surface area contributed by atoms with Crippen LogP contribution in [0.25, 0.3) is 0 Å². The lowest BCUT2D eigenvalue weighted by atomic mass is 10.6. The topological polar surface area (TPSA) is 214 Å². The third-order valence-corrected chi connectivity index (χ3v) is 0.554. The van der Waals surface area contributed by atoms with E-state index >= 15 is 0 Å². The molecule has 0 radical (unpaired) electrons. The van der Waals surface area contributed by atoms with Crippen molar-refractivity contribution in [3.8, 4) is 54.6 Å². The highest BCUT2D eigenvalue weighted by molar-refractivity contribution is 6.44. The summed E-state index contributed by atoms with van der Waals surface area (Å²) < 4.78 is 0. The molecule has 0 unspecified atom stereocenters. The van der Waals surface area contributed by atoms with Crippen molar-refractivity contribution in [2.75, 3.05) is 0 Å². The van der Waals surface area contributed by atoms with Crippen molar-refractivity contribution in [1.29, 1.82) is 47.4 Å². The molecule has 0 aromatic heterocycles. The fraction of sp³-hybridized carbons (Fsp3) is 0.526. The average Bonchev–Trinajstić information content (AvgIpc) is 2.60. The molecule has 0 aliphatic carbocycles. The monoisotopic (exact) mass is 451 g/mol. The molecule has 0 bridgehead atoms. The molecule has 0 rings (SSSR count). The summed E-state index contributed by atoms with van der Waals surface area (Å²) in [4.78, 5) is -0.519. The first-order valence-electron chi connectivity index (χ1n) is 7.21. The number of hydrogen-bond acceptors (Lipinski definition) is 9. The van der Waals surface area contributed by atoms with E-state index < -0.39 is 4.84 Å². The highest BCUT2D eigenvalue weighted by Crippen LogP contribution is 2.03. The van der Waals surface area contributed by atoms with Crippen molar-refractivity contribution in [1.82, 2.24) is 0 Å². The Bertz CT molecular complexity index is 484. The van der Waals surface area contributed by atoms with E-state index in [1.165, 1.54) is 55.4 Å². The third-order valence-electron chi connectivity index (χ3n) is 0.246. The van der Waals surface area contributed by atoms with Crippen molar-refractivity contribution in [2.45, 2.75) is 66.6 Å². The zero-order chi connectivity index (χ0) is 26.6. The van der Waals surface area contributed by atoms with Crippen LogP contribution in [0, 0.1) is 102 Å². The molecule has 0 atom stereocenters. The second-order valence-electron chi connectivity index (χ2n) is 2.54. The van der Waals surface area contributed by atoms with Gasteiger partial charge in [-0.1, -0.05) is 0 Å². The number of nitriles is 9. The Morgan fingerprint density at radius 3 is 0.533 bits per heavy atom. The largest absolute Gasteiger partial charge is 0.199 e. The zero-order valence-electron chi connectivity index (χ0n) is 18.6. The molecule has 0 N–H and O–H groups in total. The minimum Gasteiger partial charge on any atom is -0.199 e. The molecule has 0 heterocycles. The van der Waals surface area contributed by atoms with Gasteiger partial charge in [-0.3, -0.25) is 0 Å². The number of rotatable bonds is 1. The summed E-state index contributed by atoms with van der Waals surface area (Å²) in [5.74, 6) is 0. The number of alkyl halides is 2. The molecule has 0 aromatic carbocycles. The Morgan fingerprint density at radius 2 is 0.533 bits per heavy atom. The van der Waals surface area contributed by atoms with E-state index in [0.717, 1.165) is 0 Å². The van der Waals surface area contributed by atoms with Crippen LogP contribution in [0.1, 0.15) is 61.8 Å². The second-order valence-corrected chi connectivity index (χ2v) is 3.82. The Morgan fingerprint density at radius 1 is 0.433 bits per heavy atom. The van der Waals surface area contributed by atoms with Crippen LogP contribution >= 0.6 is 23.2 Å². The molecule has 162 valence electrons. The molecule has 30 heavy (non-hydrogen) atoms. The van der Waals surface area contributed by atoms with Gasteiger partial charge in [-0.05, 0) is 0 Å². The van der Waals surface area contributed by atoms with Gasteiger partial charge in [-0.25, -0.2) is 0 Å². The normalized spacial score (nSPS) is 3.80. The first kappa shape index (κ1) is 56.2. The number of hydrogen-bond donors (Lipinski definition) is 0. The number of halogens is 2. The minimum atomic E-state index is -0.519. The summed E-state index contributed by atoms with van der Waals surface area (Å²) in [6.07, 6.45) is 0.211. The first-order chi connectivity index (χ1) is 14.1. The highest BCUT2D eigenvalue weighted by Gasteiger charge is 1.91. The zero-order valence-corrected chi connectivity index (χ0v) is 20.1. The summed E-state index contributed by atoms with van der Waals surface area (Å²) in [6.45, 7) is 11.4. The summed E-state index contributed by atoms with van der Waals surface area (Å²) in [6, 6.07) is 15.8. The van der Waals surface area contributed by atoms with Gasteiger partial charge in [0.2, 0.25) is 0 Å². The van der Waals surface area contributed by atoms with Crippen molar-refractivity contribution in [3.63, 3.8) is 0 Å². The molecule has 0 fully saturated rings. The predicted molar refractivity (Wildman–Crippen MR) is 116 cm³/mol. The van der Waals surface area contributed by atoms with Gasteiger partial charge in [0.05, 0.1) is 61.0 Å². The lowest BCUT2D eigenvalue weighted by molar-refractivity contribution is 1.16. The Labute approximate surface area is 191 Å². The minimum absolute atomic E-state index is 0.211. The molecule has 0 aliphatic rings. The van der Waals surface area contributed by atoms with Gasteiger partial charge in [0, 0.05) is 55.4 Å².